The van der Waals surface area contributed by atoms with Gasteiger partial charge in [0.25, 0.3) is 0 Å². The Morgan fingerprint density at radius 2 is 1.63 bits per heavy atom. The molecule has 3 rings (SSSR count). The van der Waals surface area contributed by atoms with Crippen LogP contribution in [0.1, 0.15) is 120 Å². The number of thiophene rings is 1. The lowest BCUT2D eigenvalue weighted by molar-refractivity contribution is -0.151. The van der Waals surface area contributed by atoms with Gasteiger partial charge >= 0.3 is 11.9 Å². The van der Waals surface area contributed by atoms with E-state index in [9.17, 15) is 14.4 Å². The molecular formula is C30H50N2O5S. The van der Waals surface area contributed by atoms with Crippen LogP contribution in [0.2, 0.25) is 0 Å². The number of aromatic carboxylic acids is 1. The van der Waals surface area contributed by atoms with Crippen molar-refractivity contribution >= 4 is 35.2 Å². The molecule has 216 valence electrons. The van der Waals surface area contributed by atoms with E-state index in [4.69, 9.17) is 15.6 Å². The summed E-state index contributed by atoms with van der Waals surface area (Å²) in [4.78, 5) is 33.2. The summed E-state index contributed by atoms with van der Waals surface area (Å²) >= 11 is 1.20. The summed E-state index contributed by atoms with van der Waals surface area (Å²) in [5.74, 6) is 5.31. The molecule has 7 nitrogen and oxygen atoms in total. The summed E-state index contributed by atoms with van der Waals surface area (Å²) in [5, 5.41) is 11.8. The van der Waals surface area contributed by atoms with Crippen molar-refractivity contribution in [3.63, 3.8) is 0 Å². The first kappa shape index (κ1) is 35.6. The summed E-state index contributed by atoms with van der Waals surface area (Å²) in [7, 11) is 1.70. The van der Waals surface area contributed by atoms with Crippen LogP contribution >= 0.6 is 11.3 Å². The zero-order valence-corrected chi connectivity index (χ0v) is 25.3. The predicted octanol–water partition coefficient (Wildman–Crippen LogP) is 6.89. The number of carbonyl (C=O) groups excluding carboxylic acids is 2. The Kier molecular flexibility index (Phi) is 18.4. The Labute approximate surface area is 234 Å². The van der Waals surface area contributed by atoms with Crippen LogP contribution in [0.5, 0.6) is 0 Å². The van der Waals surface area contributed by atoms with Crippen molar-refractivity contribution < 1.29 is 24.2 Å². The van der Waals surface area contributed by atoms with E-state index in [2.05, 4.69) is 17.2 Å². The minimum Gasteiger partial charge on any atom is -0.477 e. The van der Waals surface area contributed by atoms with E-state index in [1.165, 1.54) is 49.9 Å². The molecule has 1 aromatic rings. The fourth-order valence-electron chi connectivity index (χ4n) is 3.77. The molecule has 0 radical (unpaired) electrons. The summed E-state index contributed by atoms with van der Waals surface area (Å²) in [5.41, 5.74) is 5.92. The first-order chi connectivity index (χ1) is 18.0. The van der Waals surface area contributed by atoms with E-state index in [0.717, 1.165) is 36.8 Å². The monoisotopic (exact) mass is 550 g/mol. The summed E-state index contributed by atoms with van der Waals surface area (Å²) < 4.78 is 5.19. The molecule has 1 aromatic heterocycles. The Hall–Kier alpha value is -2.37. The second-order valence-electron chi connectivity index (χ2n) is 10.4. The molecule has 0 aliphatic heterocycles. The molecule has 38 heavy (non-hydrogen) atoms. The van der Waals surface area contributed by atoms with E-state index in [0.29, 0.717) is 16.5 Å². The maximum Gasteiger partial charge on any atom is 0.348 e. The first-order valence-corrected chi connectivity index (χ1v) is 14.8. The van der Waals surface area contributed by atoms with Crippen molar-refractivity contribution in [3.05, 3.63) is 15.8 Å². The maximum absolute atomic E-state index is 11.1. The fraction of sp³-hybridized carbons (Fsp3) is 0.700. The second kappa shape index (κ2) is 19.7. The second-order valence-corrected chi connectivity index (χ2v) is 11.5. The van der Waals surface area contributed by atoms with Gasteiger partial charge in [0.05, 0.1) is 10.6 Å². The van der Waals surface area contributed by atoms with Gasteiger partial charge in [0.15, 0.2) is 0 Å². The number of nitrogens with two attached hydrogens (primary N) is 1. The Morgan fingerprint density at radius 3 is 2.00 bits per heavy atom. The van der Waals surface area contributed by atoms with Gasteiger partial charge < -0.3 is 25.7 Å². The van der Waals surface area contributed by atoms with Crippen LogP contribution in [0.15, 0.2) is 6.07 Å². The number of carbonyl (C=O) groups is 3. The quantitative estimate of drug-likeness (QED) is 0.207. The molecule has 2 fully saturated rings. The lowest BCUT2D eigenvalue weighted by Crippen LogP contribution is -2.32. The summed E-state index contributed by atoms with van der Waals surface area (Å²) in [6.45, 7) is 11.7. The number of nitrogens with one attached hydrogen (secondary N) is 1. The van der Waals surface area contributed by atoms with Gasteiger partial charge in [0.2, 0.25) is 0 Å². The number of hydrogen-bond donors (Lipinski definition) is 3. The molecule has 0 saturated heterocycles. The van der Waals surface area contributed by atoms with Gasteiger partial charge in [-0.1, -0.05) is 51.4 Å². The van der Waals surface area contributed by atoms with Gasteiger partial charge in [-0.2, -0.15) is 0 Å². The largest absolute Gasteiger partial charge is 0.477 e. The zero-order valence-electron chi connectivity index (χ0n) is 24.5. The molecule has 2 aliphatic carbocycles. The molecule has 2 aliphatic rings. The van der Waals surface area contributed by atoms with Crippen molar-refractivity contribution in [2.24, 2.45) is 17.1 Å². The van der Waals surface area contributed by atoms with Crippen LogP contribution in [-0.4, -0.2) is 42.5 Å². The highest BCUT2D eigenvalue weighted by Gasteiger charge is 2.19. The number of hydrogen-bond acceptors (Lipinski definition) is 7. The van der Waals surface area contributed by atoms with Crippen LogP contribution in [0.25, 0.3) is 0 Å². The third-order valence-electron chi connectivity index (χ3n) is 5.81. The van der Waals surface area contributed by atoms with Gasteiger partial charge in [-0.25, -0.2) is 4.79 Å². The number of ether oxygens (including phenoxy) is 1. The lowest BCUT2D eigenvalue weighted by atomic mass is 9.91. The number of rotatable bonds is 5. The van der Waals surface area contributed by atoms with Crippen LogP contribution in [0, 0.1) is 23.2 Å². The van der Waals surface area contributed by atoms with E-state index >= 15 is 0 Å². The van der Waals surface area contributed by atoms with E-state index < -0.39 is 12.0 Å². The number of esters is 1. The van der Waals surface area contributed by atoms with Crippen molar-refractivity contribution in [1.29, 1.82) is 0 Å². The van der Waals surface area contributed by atoms with E-state index in [-0.39, 0.29) is 17.5 Å². The predicted molar refractivity (Wildman–Crippen MR) is 158 cm³/mol. The fourth-order valence-corrected chi connectivity index (χ4v) is 4.63. The van der Waals surface area contributed by atoms with E-state index in [1.54, 1.807) is 20.0 Å². The minimum absolute atomic E-state index is 0.0762. The molecule has 0 aromatic carbocycles. The van der Waals surface area contributed by atoms with Crippen LogP contribution in [-0.2, 0) is 14.3 Å². The standard InChI is InChI=1S/C12H15NO2S.C9H17NO2.C7H12O.C2H6/c1-12(2,3)6-5-8-7-9(13-4)10(16-8)11(14)15;1-7(10)9(11)12-8-5-3-2-4-6-8;8-6-7-4-2-1-3-5-7;1-2/h7,13H,1-4H3,(H,14,15);7-8H,2-6,10H2,1H3;6-7H,1-5H2;1-2H3/t;7-;;/m.0../s1. The molecule has 0 amide bonds. The third-order valence-corrected chi connectivity index (χ3v) is 6.84. The minimum atomic E-state index is -0.918. The molecule has 4 N–H and O–H groups in total. The average molecular weight is 551 g/mol. The van der Waals surface area contributed by atoms with Crippen molar-refractivity contribution in [2.75, 3.05) is 12.4 Å². The SMILES string of the molecule is CC.CNc1cc(C#CC(C)(C)C)sc1C(=O)O.C[C@H](N)C(=O)OC1CCCCC1.O=CC1CCCCC1. The Balaban J connectivity index is 0.000000549. The topological polar surface area (TPSA) is 119 Å². The third kappa shape index (κ3) is 15.8. The molecule has 0 unspecified atom stereocenters. The van der Waals surface area contributed by atoms with Crippen LogP contribution < -0.4 is 11.1 Å². The van der Waals surface area contributed by atoms with Crippen molar-refractivity contribution in [3.8, 4) is 11.8 Å². The molecule has 8 heteroatoms. The van der Waals surface area contributed by atoms with Crippen LogP contribution in [0.3, 0.4) is 0 Å². The van der Waals surface area contributed by atoms with Gasteiger partial charge in [0.1, 0.15) is 23.3 Å². The lowest BCUT2D eigenvalue weighted by Gasteiger charge is -2.22. The zero-order chi connectivity index (χ0) is 29.1. The Morgan fingerprint density at radius 1 is 1.11 bits per heavy atom. The van der Waals surface area contributed by atoms with Gasteiger partial charge in [-0.15, -0.1) is 11.3 Å². The van der Waals surface area contributed by atoms with Crippen molar-refractivity contribution in [1.82, 2.24) is 0 Å². The Bertz CT molecular complexity index is 881. The van der Waals surface area contributed by atoms with Crippen molar-refractivity contribution in [2.45, 2.75) is 118 Å². The van der Waals surface area contributed by atoms with E-state index in [1.807, 2.05) is 34.6 Å². The first-order valence-electron chi connectivity index (χ1n) is 14.0. The highest BCUT2D eigenvalue weighted by molar-refractivity contribution is 7.15. The summed E-state index contributed by atoms with van der Waals surface area (Å²) in [6, 6.07) is 1.29. The maximum atomic E-state index is 11.1. The highest BCUT2D eigenvalue weighted by atomic mass is 32.1. The molecule has 2 saturated carbocycles. The normalized spacial score (nSPS) is 16.3. The smallest absolute Gasteiger partial charge is 0.348 e. The number of anilines is 1. The van der Waals surface area contributed by atoms with Gasteiger partial charge in [-0.05, 0) is 72.3 Å². The number of carboxylic acids is 1. The van der Waals surface area contributed by atoms with Crippen LogP contribution in [0.4, 0.5) is 5.69 Å². The molecule has 1 atom stereocenters. The molecule has 0 bridgehead atoms. The highest BCUT2D eigenvalue weighted by Crippen LogP contribution is 2.27. The molecule has 1 heterocycles. The summed E-state index contributed by atoms with van der Waals surface area (Å²) in [6.07, 6.45) is 13.1. The molecular weight excluding hydrogens is 500 g/mol. The van der Waals surface area contributed by atoms with Gasteiger partial charge in [0, 0.05) is 18.4 Å². The number of carboxylic acid groups (broad SMARTS) is 1. The molecule has 0 spiro atoms. The average Bonchev–Trinajstić information content (AvgIpc) is 3.34. The van der Waals surface area contributed by atoms with Gasteiger partial charge in [-0.3, -0.25) is 4.79 Å². The number of aldehydes is 1.